The van der Waals surface area contributed by atoms with Crippen molar-refractivity contribution in [3.63, 3.8) is 0 Å². The summed E-state index contributed by atoms with van der Waals surface area (Å²) in [6.07, 6.45) is 2.91. The molecule has 1 aliphatic heterocycles. The van der Waals surface area contributed by atoms with Gasteiger partial charge in [-0.15, -0.1) is 5.10 Å². The molecule has 66 valence electrons. The third-order valence-corrected chi connectivity index (χ3v) is 2.05. The summed E-state index contributed by atoms with van der Waals surface area (Å²) in [5, 5.41) is 7.89. The second kappa shape index (κ2) is 3.20. The summed E-state index contributed by atoms with van der Waals surface area (Å²) in [5.74, 6) is 0. The summed E-state index contributed by atoms with van der Waals surface area (Å²) in [6, 6.07) is 0.359. The molecule has 12 heavy (non-hydrogen) atoms. The first-order chi connectivity index (χ1) is 5.90. The Morgan fingerprint density at radius 1 is 1.75 bits per heavy atom. The highest BCUT2D eigenvalue weighted by Gasteiger charge is 2.18. The maximum absolute atomic E-state index is 5.41. The van der Waals surface area contributed by atoms with Gasteiger partial charge in [0.2, 0.25) is 0 Å². The minimum Gasteiger partial charge on any atom is -0.379 e. The molecule has 0 amide bonds. The number of hydrogen-bond acceptors (Lipinski definition) is 4. The van der Waals surface area contributed by atoms with E-state index in [4.69, 9.17) is 10.5 Å². The molecule has 2 rings (SSSR count). The zero-order valence-corrected chi connectivity index (χ0v) is 6.81. The molecule has 0 unspecified atom stereocenters. The summed E-state index contributed by atoms with van der Waals surface area (Å²) >= 11 is 0. The van der Waals surface area contributed by atoms with E-state index in [1.54, 1.807) is 0 Å². The normalized spacial score (nSPS) is 23.2. The number of nitrogens with two attached hydrogens (primary N) is 1. The standard InChI is InChI=1S/C7H12N4O/c8-3-6-4-11(10-9-6)7-1-2-12-5-7/h4,7H,1-3,5,8H2/t7-/m1/s1. The highest BCUT2D eigenvalue weighted by molar-refractivity contribution is 4.92. The minimum absolute atomic E-state index is 0.359. The Balaban J connectivity index is 2.11. The van der Waals surface area contributed by atoms with Gasteiger partial charge in [-0.3, -0.25) is 0 Å². The molecule has 0 radical (unpaired) electrons. The molecule has 2 heterocycles. The lowest BCUT2D eigenvalue weighted by molar-refractivity contribution is 0.184. The van der Waals surface area contributed by atoms with Crippen LogP contribution in [-0.2, 0) is 11.3 Å². The molecular formula is C7H12N4O. The molecule has 1 aromatic heterocycles. The molecule has 1 aromatic rings. The van der Waals surface area contributed by atoms with Crippen molar-refractivity contribution in [3.8, 4) is 0 Å². The zero-order chi connectivity index (χ0) is 8.39. The number of hydrogen-bond donors (Lipinski definition) is 1. The van der Waals surface area contributed by atoms with Crippen LogP contribution in [0, 0.1) is 0 Å². The second-order valence-electron chi connectivity index (χ2n) is 2.91. The van der Waals surface area contributed by atoms with E-state index in [0.29, 0.717) is 12.6 Å². The molecular weight excluding hydrogens is 156 g/mol. The Kier molecular flexibility index (Phi) is 2.05. The van der Waals surface area contributed by atoms with Crippen LogP contribution in [0.2, 0.25) is 0 Å². The maximum Gasteiger partial charge on any atom is 0.0962 e. The van der Waals surface area contributed by atoms with E-state index in [1.165, 1.54) is 0 Å². The van der Waals surface area contributed by atoms with Crippen molar-refractivity contribution in [2.45, 2.75) is 19.0 Å². The molecule has 1 atom stereocenters. The van der Waals surface area contributed by atoms with Crippen molar-refractivity contribution in [1.29, 1.82) is 0 Å². The number of rotatable bonds is 2. The number of aromatic nitrogens is 3. The minimum atomic E-state index is 0.359. The summed E-state index contributed by atoms with van der Waals surface area (Å²) in [5.41, 5.74) is 6.25. The van der Waals surface area contributed by atoms with Gasteiger partial charge in [-0.1, -0.05) is 5.21 Å². The Morgan fingerprint density at radius 2 is 2.67 bits per heavy atom. The van der Waals surface area contributed by atoms with Gasteiger partial charge in [-0.25, -0.2) is 4.68 Å². The first kappa shape index (κ1) is 7.70. The van der Waals surface area contributed by atoms with Crippen molar-refractivity contribution < 1.29 is 4.74 Å². The maximum atomic E-state index is 5.41. The second-order valence-corrected chi connectivity index (χ2v) is 2.91. The fourth-order valence-electron chi connectivity index (χ4n) is 1.32. The molecule has 0 aromatic carbocycles. The largest absolute Gasteiger partial charge is 0.379 e. The van der Waals surface area contributed by atoms with Crippen LogP contribution in [0.4, 0.5) is 0 Å². The van der Waals surface area contributed by atoms with Gasteiger partial charge in [0.15, 0.2) is 0 Å². The molecule has 5 heteroatoms. The Bertz CT molecular complexity index is 254. The smallest absolute Gasteiger partial charge is 0.0962 e. The van der Waals surface area contributed by atoms with E-state index in [0.717, 1.165) is 25.3 Å². The monoisotopic (exact) mass is 168 g/mol. The van der Waals surface area contributed by atoms with Crippen molar-refractivity contribution in [2.24, 2.45) is 5.73 Å². The van der Waals surface area contributed by atoms with Gasteiger partial charge in [0.25, 0.3) is 0 Å². The highest BCUT2D eigenvalue weighted by atomic mass is 16.5. The lowest BCUT2D eigenvalue weighted by Crippen LogP contribution is -2.09. The van der Waals surface area contributed by atoms with Crippen LogP contribution in [0.1, 0.15) is 18.2 Å². The Labute approximate surface area is 70.5 Å². The van der Waals surface area contributed by atoms with E-state index < -0.39 is 0 Å². The lowest BCUT2D eigenvalue weighted by Gasteiger charge is -2.04. The first-order valence-corrected chi connectivity index (χ1v) is 4.08. The predicted octanol–water partition coefficient (Wildman–Crippen LogP) is -0.302. The van der Waals surface area contributed by atoms with Gasteiger partial charge in [-0.2, -0.15) is 0 Å². The van der Waals surface area contributed by atoms with E-state index in [1.807, 2.05) is 10.9 Å². The predicted molar refractivity (Wildman–Crippen MR) is 42.4 cm³/mol. The summed E-state index contributed by atoms with van der Waals surface area (Å²) < 4.78 is 7.08. The quantitative estimate of drug-likeness (QED) is 0.658. The summed E-state index contributed by atoms with van der Waals surface area (Å²) in [7, 11) is 0. The fourth-order valence-corrected chi connectivity index (χ4v) is 1.32. The van der Waals surface area contributed by atoms with E-state index in [9.17, 15) is 0 Å². The van der Waals surface area contributed by atoms with Crippen LogP contribution >= 0.6 is 0 Å². The summed E-state index contributed by atoms with van der Waals surface area (Å²) in [6.45, 7) is 2.02. The topological polar surface area (TPSA) is 66.0 Å². The molecule has 1 saturated heterocycles. The molecule has 0 spiro atoms. The van der Waals surface area contributed by atoms with Gasteiger partial charge >= 0.3 is 0 Å². The fraction of sp³-hybridized carbons (Fsp3) is 0.714. The van der Waals surface area contributed by atoms with Gasteiger partial charge < -0.3 is 10.5 Å². The molecule has 1 aliphatic rings. The third-order valence-electron chi connectivity index (χ3n) is 2.05. The van der Waals surface area contributed by atoms with Crippen LogP contribution in [0.25, 0.3) is 0 Å². The zero-order valence-electron chi connectivity index (χ0n) is 6.81. The molecule has 0 bridgehead atoms. The van der Waals surface area contributed by atoms with Crippen molar-refractivity contribution in [3.05, 3.63) is 11.9 Å². The van der Waals surface area contributed by atoms with E-state index >= 15 is 0 Å². The Morgan fingerprint density at radius 3 is 3.25 bits per heavy atom. The van der Waals surface area contributed by atoms with Gasteiger partial charge in [0, 0.05) is 13.2 Å². The molecule has 2 N–H and O–H groups in total. The number of ether oxygens (including phenoxy) is 1. The first-order valence-electron chi connectivity index (χ1n) is 4.08. The van der Waals surface area contributed by atoms with Crippen LogP contribution in [0.3, 0.4) is 0 Å². The third kappa shape index (κ3) is 1.33. The van der Waals surface area contributed by atoms with Crippen molar-refractivity contribution in [1.82, 2.24) is 15.0 Å². The summed E-state index contributed by atoms with van der Waals surface area (Å²) in [4.78, 5) is 0. The lowest BCUT2D eigenvalue weighted by atomic mass is 10.3. The van der Waals surface area contributed by atoms with Crippen LogP contribution in [-0.4, -0.2) is 28.2 Å². The average molecular weight is 168 g/mol. The van der Waals surface area contributed by atoms with Crippen molar-refractivity contribution in [2.75, 3.05) is 13.2 Å². The molecule has 0 saturated carbocycles. The van der Waals surface area contributed by atoms with Gasteiger partial charge in [0.1, 0.15) is 0 Å². The number of nitrogens with zero attached hydrogens (tertiary/aromatic N) is 3. The highest BCUT2D eigenvalue weighted by Crippen LogP contribution is 2.16. The van der Waals surface area contributed by atoms with Crippen LogP contribution in [0.5, 0.6) is 0 Å². The van der Waals surface area contributed by atoms with E-state index in [-0.39, 0.29) is 0 Å². The Hall–Kier alpha value is -0.940. The average Bonchev–Trinajstić information content (AvgIpc) is 2.75. The SMILES string of the molecule is NCc1cn([C@@H]2CCOC2)nn1. The van der Waals surface area contributed by atoms with E-state index in [2.05, 4.69) is 10.3 Å². The molecule has 5 nitrogen and oxygen atoms in total. The molecule has 0 aliphatic carbocycles. The van der Waals surface area contributed by atoms with Gasteiger partial charge in [0.05, 0.1) is 24.5 Å². The van der Waals surface area contributed by atoms with Crippen LogP contribution < -0.4 is 5.73 Å². The van der Waals surface area contributed by atoms with Crippen LogP contribution in [0.15, 0.2) is 6.20 Å². The van der Waals surface area contributed by atoms with Crippen molar-refractivity contribution >= 4 is 0 Å². The van der Waals surface area contributed by atoms with Gasteiger partial charge in [-0.05, 0) is 6.42 Å². The molecule has 1 fully saturated rings.